The second-order valence-electron chi connectivity index (χ2n) is 7.27. The van der Waals surface area contributed by atoms with Crippen molar-refractivity contribution in [2.45, 2.75) is 45.8 Å². The number of para-hydroxylation sites is 1. The molecule has 25 heavy (non-hydrogen) atoms. The van der Waals surface area contributed by atoms with Crippen LogP contribution in [0.2, 0.25) is 0 Å². The van der Waals surface area contributed by atoms with E-state index in [9.17, 15) is 9.59 Å². The zero-order valence-electron chi connectivity index (χ0n) is 15.6. The van der Waals surface area contributed by atoms with Crippen molar-refractivity contribution in [3.8, 4) is 0 Å². The Balaban J connectivity index is 1.89. The predicted octanol–water partition coefficient (Wildman–Crippen LogP) is 3.08. The van der Waals surface area contributed by atoms with Crippen molar-refractivity contribution in [2.24, 2.45) is 0 Å². The first-order valence-electron chi connectivity index (χ1n) is 8.45. The summed E-state index contributed by atoms with van der Waals surface area (Å²) in [6.45, 7) is 7.67. The first-order chi connectivity index (χ1) is 11.7. The second-order valence-corrected chi connectivity index (χ2v) is 7.27. The van der Waals surface area contributed by atoms with Gasteiger partial charge in [-0.15, -0.1) is 0 Å². The van der Waals surface area contributed by atoms with Crippen LogP contribution in [0.15, 0.2) is 30.5 Å². The van der Waals surface area contributed by atoms with Crippen molar-refractivity contribution in [1.29, 1.82) is 0 Å². The summed E-state index contributed by atoms with van der Waals surface area (Å²) in [6, 6.07) is 7.77. The molecule has 0 unspecified atom stereocenters. The highest BCUT2D eigenvalue weighted by molar-refractivity contribution is 5.88. The minimum atomic E-state index is -0.537. The molecule has 136 valence electrons. The van der Waals surface area contributed by atoms with Crippen LogP contribution in [-0.2, 0) is 16.0 Å². The van der Waals surface area contributed by atoms with Crippen LogP contribution in [0.25, 0.3) is 10.9 Å². The summed E-state index contributed by atoms with van der Waals surface area (Å²) < 4.78 is 5.20. The fourth-order valence-electron chi connectivity index (χ4n) is 2.49. The van der Waals surface area contributed by atoms with E-state index in [4.69, 9.17) is 4.74 Å². The van der Waals surface area contributed by atoms with Gasteiger partial charge in [-0.25, -0.2) is 4.79 Å². The predicted molar refractivity (Wildman–Crippen MR) is 98.5 cm³/mol. The number of aromatic nitrogens is 1. The number of hydrogen-bond donors (Lipinski definition) is 2. The molecule has 6 nitrogen and oxygen atoms in total. The van der Waals surface area contributed by atoms with E-state index in [-0.39, 0.29) is 11.9 Å². The highest BCUT2D eigenvalue weighted by atomic mass is 16.6. The first kappa shape index (κ1) is 18.8. The molecular weight excluding hydrogens is 318 g/mol. The molecular formula is C19H27N3O3. The normalized spacial score (nSPS) is 12.7. The third-order valence-corrected chi connectivity index (χ3v) is 4.01. The molecule has 2 N–H and O–H groups in total. The van der Waals surface area contributed by atoms with Gasteiger partial charge in [-0.2, -0.15) is 0 Å². The molecule has 0 bridgehead atoms. The highest BCUT2D eigenvalue weighted by Gasteiger charge is 2.20. The van der Waals surface area contributed by atoms with Gasteiger partial charge >= 0.3 is 6.09 Å². The maximum absolute atomic E-state index is 12.5. The van der Waals surface area contributed by atoms with Crippen LogP contribution in [0.1, 0.15) is 33.3 Å². The maximum Gasteiger partial charge on any atom is 0.407 e. The van der Waals surface area contributed by atoms with Gasteiger partial charge in [0, 0.05) is 36.7 Å². The Morgan fingerprint density at radius 2 is 1.96 bits per heavy atom. The molecule has 0 fully saturated rings. The Bertz CT molecular complexity index is 746. The summed E-state index contributed by atoms with van der Waals surface area (Å²) in [7, 11) is 1.75. The topological polar surface area (TPSA) is 74.4 Å². The van der Waals surface area contributed by atoms with Gasteiger partial charge in [0.15, 0.2) is 0 Å². The summed E-state index contributed by atoms with van der Waals surface area (Å²) >= 11 is 0. The summed E-state index contributed by atoms with van der Waals surface area (Å²) in [4.78, 5) is 29.1. The summed E-state index contributed by atoms with van der Waals surface area (Å²) in [5.41, 5.74) is 1.46. The quantitative estimate of drug-likeness (QED) is 0.874. The molecule has 2 amide bonds. The Hall–Kier alpha value is -2.50. The average Bonchev–Trinajstić information content (AvgIpc) is 2.93. The number of amides is 2. The third kappa shape index (κ3) is 5.24. The third-order valence-electron chi connectivity index (χ3n) is 4.01. The zero-order chi connectivity index (χ0) is 18.6. The molecule has 0 saturated heterocycles. The smallest absolute Gasteiger partial charge is 0.407 e. The Kier molecular flexibility index (Phi) is 5.72. The Morgan fingerprint density at radius 1 is 1.28 bits per heavy atom. The van der Waals surface area contributed by atoms with Gasteiger partial charge in [0.25, 0.3) is 0 Å². The van der Waals surface area contributed by atoms with Crippen LogP contribution in [0.3, 0.4) is 0 Å². The van der Waals surface area contributed by atoms with Crippen LogP contribution >= 0.6 is 0 Å². The largest absolute Gasteiger partial charge is 0.444 e. The molecule has 1 aromatic heterocycles. The molecule has 2 rings (SSSR count). The first-order valence-corrected chi connectivity index (χ1v) is 8.45. The van der Waals surface area contributed by atoms with E-state index in [1.807, 2.05) is 58.2 Å². The van der Waals surface area contributed by atoms with Crippen LogP contribution in [0.4, 0.5) is 4.79 Å². The van der Waals surface area contributed by atoms with Crippen molar-refractivity contribution in [3.63, 3.8) is 0 Å². The van der Waals surface area contributed by atoms with Crippen LogP contribution in [0, 0.1) is 0 Å². The number of benzene rings is 1. The maximum atomic E-state index is 12.5. The van der Waals surface area contributed by atoms with Crippen molar-refractivity contribution >= 4 is 22.9 Å². The number of carbonyl (C=O) groups excluding carboxylic acids is 2. The molecule has 0 radical (unpaired) electrons. The van der Waals surface area contributed by atoms with Gasteiger partial charge in [-0.05, 0) is 39.3 Å². The van der Waals surface area contributed by atoms with E-state index >= 15 is 0 Å². The van der Waals surface area contributed by atoms with Gasteiger partial charge in [0.1, 0.15) is 5.60 Å². The SMILES string of the molecule is C[C@@H](CNC(=O)OC(C)(C)C)N(C)C(=O)Cc1c[nH]c2ccccc12. The van der Waals surface area contributed by atoms with Gasteiger partial charge in [-0.1, -0.05) is 18.2 Å². The lowest BCUT2D eigenvalue weighted by Gasteiger charge is -2.26. The van der Waals surface area contributed by atoms with Crippen LogP contribution in [-0.4, -0.2) is 47.1 Å². The number of H-pyrrole nitrogens is 1. The summed E-state index contributed by atoms with van der Waals surface area (Å²) in [5.74, 6) is 0.00300. The number of nitrogens with zero attached hydrogens (tertiary/aromatic N) is 1. The molecule has 1 aromatic carbocycles. The number of hydrogen-bond acceptors (Lipinski definition) is 3. The Morgan fingerprint density at radius 3 is 2.64 bits per heavy atom. The molecule has 2 aromatic rings. The second kappa shape index (κ2) is 7.59. The average molecular weight is 345 g/mol. The van der Waals surface area contributed by atoms with E-state index in [1.165, 1.54) is 0 Å². The van der Waals surface area contributed by atoms with Gasteiger partial charge < -0.3 is 19.9 Å². The van der Waals surface area contributed by atoms with E-state index in [0.717, 1.165) is 16.5 Å². The lowest BCUT2D eigenvalue weighted by Crippen LogP contribution is -2.44. The number of ether oxygens (including phenoxy) is 1. The molecule has 0 aliphatic rings. The molecule has 0 spiro atoms. The van der Waals surface area contributed by atoms with Crippen molar-refractivity contribution < 1.29 is 14.3 Å². The summed E-state index contributed by atoms with van der Waals surface area (Å²) in [6.07, 6.45) is 1.72. The molecule has 1 atom stereocenters. The minimum Gasteiger partial charge on any atom is -0.444 e. The molecule has 0 saturated carbocycles. The monoisotopic (exact) mass is 345 g/mol. The summed E-state index contributed by atoms with van der Waals surface area (Å²) in [5, 5.41) is 3.76. The van der Waals surface area contributed by atoms with E-state index < -0.39 is 11.7 Å². The fraction of sp³-hybridized carbons (Fsp3) is 0.474. The van der Waals surface area contributed by atoms with E-state index in [2.05, 4.69) is 10.3 Å². The van der Waals surface area contributed by atoms with Crippen LogP contribution in [0.5, 0.6) is 0 Å². The van der Waals surface area contributed by atoms with E-state index in [0.29, 0.717) is 13.0 Å². The highest BCUT2D eigenvalue weighted by Crippen LogP contribution is 2.18. The molecule has 6 heteroatoms. The Labute approximate surface area is 148 Å². The molecule has 0 aliphatic carbocycles. The standard InChI is InChI=1S/C19H27N3O3/c1-13(11-21-18(24)25-19(2,3)4)22(5)17(23)10-14-12-20-16-9-7-6-8-15(14)16/h6-9,12-13,20H,10-11H2,1-5H3,(H,21,24)/t13-/m0/s1. The number of aromatic amines is 1. The number of alkyl carbamates (subject to hydrolysis) is 1. The van der Waals surface area contributed by atoms with Crippen molar-refractivity contribution in [1.82, 2.24) is 15.2 Å². The van der Waals surface area contributed by atoms with Gasteiger partial charge in [-0.3, -0.25) is 4.79 Å². The van der Waals surface area contributed by atoms with Crippen molar-refractivity contribution in [2.75, 3.05) is 13.6 Å². The number of likely N-dealkylation sites (N-methyl/N-ethyl adjacent to an activating group) is 1. The zero-order valence-corrected chi connectivity index (χ0v) is 15.6. The van der Waals surface area contributed by atoms with Crippen LogP contribution < -0.4 is 5.32 Å². The number of carbonyl (C=O) groups is 2. The number of rotatable bonds is 5. The van der Waals surface area contributed by atoms with Gasteiger partial charge in [0.05, 0.1) is 6.42 Å². The lowest BCUT2D eigenvalue weighted by atomic mass is 10.1. The molecule has 1 heterocycles. The fourth-order valence-corrected chi connectivity index (χ4v) is 2.49. The minimum absolute atomic E-state index is 0.00300. The number of fused-ring (bicyclic) bond motifs is 1. The van der Waals surface area contributed by atoms with E-state index in [1.54, 1.807) is 11.9 Å². The van der Waals surface area contributed by atoms with Crippen molar-refractivity contribution in [3.05, 3.63) is 36.0 Å². The lowest BCUT2D eigenvalue weighted by molar-refractivity contribution is -0.130. The van der Waals surface area contributed by atoms with Gasteiger partial charge in [0.2, 0.25) is 5.91 Å². The number of nitrogens with one attached hydrogen (secondary N) is 2. The molecule has 0 aliphatic heterocycles.